The molecule has 108 valence electrons. The Morgan fingerprint density at radius 1 is 0.588 bits per heavy atom. The van der Waals surface area contributed by atoms with Crippen molar-refractivity contribution in [2.45, 2.75) is 0 Å². The van der Waals surface area contributed by atoms with E-state index in [-0.39, 0.29) is 0 Å². The SMILES string of the molecule is COCCOC.COCCOC.[Br][Th]([Br])([Br])[Br]. The van der Waals surface area contributed by atoms with E-state index in [4.69, 9.17) is 0 Å². The van der Waals surface area contributed by atoms with E-state index in [9.17, 15) is 0 Å². The van der Waals surface area contributed by atoms with Gasteiger partial charge in [0.1, 0.15) is 0 Å². The standard InChI is InChI=1S/2C4H10O2.4BrH.Th/c2*1-5-3-4-6-2;;;;;/h2*3-4H2,1-2H3;4*1H;/q;;;;;;+4/p-4. The molecule has 0 aromatic carbocycles. The van der Waals surface area contributed by atoms with E-state index in [1.807, 2.05) is 0 Å². The summed E-state index contributed by atoms with van der Waals surface area (Å²) in [6.07, 6.45) is 0. The number of halogens is 4. The predicted octanol–water partition coefficient (Wildman–Crippen LogP) is 3.94. The zero-order valence-corrected chi connectivity index (χ0v) is 20.9. The van der Waals surface area contributed by atoms with Gasteiger partial charge in [-0.05, 0) is 0 Å². The van der Waals surface area contributed by atoms with Gasteiger partial charge in [0, 0.05) is 28.4 Å². The average Bonchev–Trinajstić information content (AvgIpc) is 2.22. The van der Waals surface area contributed by atoms with Crippen molar-refractivity contribution in [2.75, 3.05) is 54.9 Å². The minimum absolute atomic E-state index is 0.691. The molecule has 0 aliphatic carbocycles. The molecule has 0 atom stereocenters. The Morgan fingerprint density at radius 3 is 0.765 bits per heavy atom. The molecule has 0 aliphatic rings. The molecule has 9 heteroatoms. The molecule has 0 saturated carbocycles. The molecule has 0 aliphatic heterocycles. The van der Waals surface area contributed by atoms with E-state index in [1.165, 1.54) is 0 Å². The first-order valence-electron chi connectivity index (χ1n) is 4.54. The van der Waals surface area contributed by atoms with Crippen LogP contribution in [-0.2, 0) is 18.9 Å². The van der Waals surface area contributed by atoms with E-state index >= 15 is 0 Å². The summed E-state index contributed by atoms with van der Waals surface area (Å²) in [4.78, 5) is 0. The molecule has 0 N–H and O–H groups in total. The number of hydrogen-bond acceptors (Lipinski definition) is 4. The fourth-order valence-electron chi connectivity index (χ4n) is 0.333. The van der Waals surface area contributed by atoms with Crippen LogP contribution < -0.4 is 0 Å². The van der Waals surface area contributed by atoms with Crippen molar-refractivity contribution in [3.8, 4) is 0 Å². The molecule has 0 heterocycles. The third-order valence-corrected chi connectivity index (χ3v) is 0.983. The molecule has 0 spiro atoms. The van der Waals surface area contributed by atoms with E-state index in [0.29, 0.717) is 26.4 Å². The van der Waals surface area contributed by atoms with Gasteiger partial charge in [-0.3, -0.25) is 0 Å². The third-order valence-electron chi connectivity index (χ3n) is 0.983. The van der Waals surface area contributed by atoms with Crippen molar-refractivity contribution >= 4 is 36.8 Å². The Kier molecular flexibility index (Phi) is 31.5. The molecule has 0 radical (unpaired) electrons. The summed E-state index contributed by atoms with van der Waals surface area (Å²) >= 11 is -2.09. The van der Waals surface area contributed by atoms with Crippen molar-refractivity contribution < 1.29 is 38.6 Å². The molecule has 0 saturated heterocycles. The molecule has 0 unspecified atom stereocenters. The number of hydrogen-bond donors (Lipinski definition) is 0. The molecule has 4 nitrogen and oxygen atoms in total. The van der Waals surface area contributed by atoms with Gasteiger partial charge in [-0.25, -0.2) is 0 Å². The second-order valence-electron chi connectivity index (χ2n) is 2.40. The predicted molar refractivity (Wildman–Crippen MR) is 83.2 cm³/mol. The van der Waals surface area contributed by atoms with E-state index in [1.54, 1.807) is 28.4 Å². The van der Waals surface area contributed by atoms with Crippen LogP contribution in [0.2, 0.25) is 0 Å². The Bertz CT molecular complexity index is 105. The minimum atomic E-state index is -2.09. The Morgan fingerprint density at radius 2 is 0.706 bits per heavy atom. The second-order valence-corrected chi connectivity index (χ2v) is 109. The summed E-state index contributed by atoms with van der Waals surface area (Å²) < 4.78 is 18.6. The van der Waals surface area contributed by atoms with Crippen LogP contribution in [0.3, 0.4) is 0 Å². The third kappa shape index (κ3) is 67.5. The molecule has 0 amide bonds. The molecular weight excluding hydrogens is 712 g/mol. The van der Waals surface area contributed by atoms with Crippen LogP contribution in [0.15, 0.2) is 0 Å². The van der Waals surface area contributed by atoms with Crippen LogP contribution in [0.25, 0.3) is 0 Å². The van der Waals surface area contributed by atoms with Gasteiger partial charge in [-0.2, -0.15) is 0 Å². The molecule has 0 aromatic heterocycles. The summed E-state index contributed by atoms with van der Waals surface area (Å²) in [5.41, 5.74) is 0. The van der Waals surface area contributed by atoms with Crippen molar-refractivity contribution in [1.29, 1.82) is 0 Å². The van der Waals surface area contributed by atoms with Crippen LogP contribution in [-0.4, -0.2) is 54.9 Å². The van der Waals surface area contributed by atoms with E-state index < -0.39 is 19.7 Å². The van der Waals surface area contributed by atoms with Gasteiger partial charge in [-0.15, -0.1) is 0 Å². The normalized spacial score (nSPS) is 9.88. The maximum absolute atomic E-state index is 4.66. The van der Waals surface area contributed by atoms with Crippen LogP contribution in [0.1, 0.15) is 0 Å². The fourth-order valence-corrected chi connectivity index (χ4v) is 0.333. The van der Waals surface area contributed by atoms with Gasteiger partial charge in [-0.1, -0.05) is 0 Å². The van der Waals surface area contributed by atoms with E-state index in [2.05, 4.69) is 55.8 Å². The second kappa shape index (κ2) is 21.4. The zero-order chi connectivity index (χ0) is 14.2. The van der Waals surface area contributed by atoms with Crippen molar-refractivity contribution in [3.63, 3.8) is 0 Å². The zero-order valence-electron chi connectivity index (χ0n) is 10.5. The van der Waals surface area contributed by atoms with Crippen molar-refractivity contribution in [2.24, 2.45) is 0 Å². The number of rotatable bonds is 6. The topological polar surface area (TPSA) is 36.9 Å². The Hall–Kier alpha value is 3.08. The van der Waals surface area contributed by atoms with Crippen molar-refractivity contribution in [3.05, 3.63) is 0 Å². The molecule has 17 heavy (non-hydrogen) atoms. The van der Waals surface area contributed by atoms with Crippen LogP contribution in [0, 0.1) is 19.7 Å². The van der Waals surface area contributed by atoms with Gasteiger partial charge in [0.05, 0.1) is 26.4 Å². The maximum atomic E-state index is 4.66. The number of methoxy groups -OCH3 is 4. The summed E-state index contributed by atoms with van der Waals surface area (Å²) in [6.45, 7) is 2.76. The molecule has 0 rings (SSSR count). The monoisotopic (exact) mass is 728 g/mol. The van der Waals surface area contributed by atoms with Crippen molar-refractivity contribution in [1.82, 2.24) is 0 Å². The Balaban J connectivity index is -0.000000174. The number of ether oxygens (including phenoxy) is 4. The first-order valence-corrected chi connectivity index (χ1v) is 40.0. The van der Waals surface area contributed by atoms with Gasteiger partial charge in [0.2, 0.25) is 0 Å². The average molecular weight is 732 g/mol. The van der Waals surface area contributed by atoms with Gasteiger partial charge >= 0.3 is 56.5 Å². The van der Waals surface area contributed by atoms with Gasteiger partial charge in [0.15, 0.2) is 0 Å². The first kappa shape index (κ1) is 25.1. The van der Waals surface area contributed by atoms with Crippen LogP contribution in [0.5, 0.6) is 0 Å². The summed E-state index contributed by atoms with van der Waals surface area (Å²) in [6, 6.07) is 0. The molecule has 0 fully saturated rings. The quantitative estimate of drug-likeness (QED) is 0.389. The van der Waals surface area contributed by atoms with Crippen LogP contribution in [0.4, 0.5) is 0 Å². The summed E-state index contributed by atoms with van der Waals surface area (Å²) in [7, 11) is 20.0. The van der Waals surface area contributed by atoms with Crippen LogP contribution >= 0.6 is 36.8 Å². The van der Waals surface area contributed by atoms with E-state index in [0.717, 1.165) is 0 Å². The summed E-state index contributed by atoms with van der Waals surface area (Å²) in [5.74, 6) is 0. The molecule has 0 bridgehead atoms. The summed E-state index contributed by atoms with van der Waals surface area (Å²) in [5, 5.41) is 0. The first-order chi connectivity index (χ1) is 7.83. The van der Waals surface area contributed by atoms with Gasteiger partial charge in [0.25, 0.3) is 0 Å². The molecule has 0 aromatic rings. The van der Waals surface area contributed by atoms with Gasteiger partial charge < -0.3 is 18.9 Å². The molecular formula is C8H20Br4O4Th. The Labute approximate surface area is 128 Å². The fraction of sp³-hybridized carbons (Fsp3) is 1.00.